The first kappa shape index (κ1) is 49.4. The first-order chi connectivity index (χ1) is 31.0. The Morgan fingerprint density at radius 2 is 0.788 bits per heavy atom. The fraction of sp³-hybridized carbons (Fsp3) is 0.419. The number of hydrogen-bond acceptors (Lipinski definition) is 0. The molecule has 2 atom stereocenters. The summed E-state index contributed by atoms with van der Waals surface area (Å²) in [5.41, 5.74) is 16.1. The number of halogens is 2. The van der Waals surface area contributed by atoms with Crippen molar-refractivity contribution in [3.05, 3.63) is 155 Å². The van der Waals surface area contributed by atoms with E-state index in [-0.39, 0.29) is 24.8 Å². The maximum Gasteiger partial charge on any atom is -0.147 e. The van der Waals surface area contributed by atoms with Crippen LogP contribution in [0.15, 0.2) is 132 Å². The molecule has 0 bridgehead atoms. The zero-order chi connectivity index (χ0) is 44.0. The van der Waals surface area contributed by atoms with Gasteiger partial charge in [0.2, 0.25) is 0 Å². The minimum absolute atomic E-state index is 0. The third-order valence-electron chi connectivity index (χ3n) is 17.2. The predicted molar refractivity (Wildman–Crippen MR) is 294 cm³/mol. The SMILES string of the molecule is CC1(CC2=Cc3c(-c4ccc5ccccc5c4)cccc3[CH]2[Zr]([CH3])([CH3])(=[SiH2])[CH]2C(CC3(C)CCCCCCCC3)=Cc3c(-c4ccc5ccccc5c4)cccc32)CCCCCCCC1.Cl.Cl. The van der Waals surface area contributed by atoms with Gasteiger partial charge in [-0.25, -0.2) is 0 Å². The third kappa shape index (κ3) is 9.89. The van der Waals surface area contributed by atoms with E-state index in [9.17, 15) is 0 Å². The maximum absolute atomic E-state index is 4.06. The number of fused-ring (bicyclic) bond motifs is 4. The number of hydrogen-bond donors (Lipinski definition) is 0. The predicted octanol–water partition coefficient (Wildman–Crippen LogP) is 19.1. The van der Waals surface area contributed by atoms with Gasteiger partial charge in [0, 0.05) is 0 Å². The van der Waals surface area contributed by atoms with E-state index in [1.54, 1.807) is 22.3 Å². The monoisotopic (exact) mass is 1010 g/mol. The van der Waals surface area contributed by atoms with Gasteiger partial charge in [0.15, 0.2) is 0 Å². The van der Waals surface area contributed by atoms with Crippen LogP contribution in [0, 0.1) is 10.8 Å². The van der Waals surface area contributed by atoms with Crippen LogP contribution >= 0.6 is 24.8 Å². The molecule has 0 amide bonds. The first-order valence-corrected chi connectivity index (χ1v) is 39.4. The molecule has 0 radical (unpaired) electrons. The Morgan fingerprint density at radius 3 is 1.17 bits per heavy atom. The molecule has 0 spiro atoms. The van der Waals surface area contributed by atoms with Crippen molar-refractivity contribution in [3.8, 4) is 22.3 Å². The molecule has 346 valence electrons. The molecule has 6 aromatic rings. The summed E-state index contributed by atoms with van der Waals surface area (Å²) >= 11 is -4.06. The van der Waals surface area contributed by atoms with Gasteiger partial charge >= 0.3 is 392 Å². The summed E-state index contributed by atoms with van der Waals surface area (Å²) in [5, 5.41) is 5.31. The minimum atomic E-state index is -4.06. The van der Waals surface area contributed by atoms with Crippen LogP contribution in [-0.4, -0.2) is 6.88 Å². The minimum Gasteiger partial charge on any atom is -0.147 e. The van der Waals surface area contributed by atoms with Crippen molar-refractivity contribution in [2.45, 2.75) is 146 Å². The second-order valence-corrected chi connectivity index (χ2v) is 53.7. The van der Waals surface area contributed by atoms with E-state index in [1.165, 1.54) is 171 Å². The smallest absolute Gasteiger partial charge is 0.147 e. The van der Waals surface area contributed by atoms with Gasteiger partial charge in [-0.1, -0.05) is 0 Å². The van der Waals surface area contributed by atoms with Gasteiger partial charge in [-0.2, -0.15) is 0 Å². The molecule has 4 heteroatoms. The Morgan fingerprint density at radius 1 is 0.439 bits per heavy atom. The molecule has 4 aliphatic rings. The van der Waals surface area contributed by atoms with Crippen molar-refractivity contribution in [2.75, 3.05) is 0 Å². The van der Waals surface area contributed by atoms with Crippen molar-refractivity contribution >= 4 is 65.4 Å². The van der Waals surface area contributed by atoms with Crippen LogP contribution in [0.4, 0.5) is 0 Å². The standard InChI is InChI=1S/2C30H33.2CH3.2ClH.H2Si.Zr/c2*1-30(17-8-4-2-3-5-9-18-30)22-23-19-26-13-10-14-28(29(26)20-23)27-16-15-24-11-6-7-12-25(24)21-27;;;;;;/h2*6-7,10-16,19-21H,2-5,8-9,17-18,22H2,1H3;2*1H3;2*1H;1H2;. The number of benzene rings is 6. The average Bonchev–Trinajstić information content (AvgIpc) is 3.91. The summed E-state index contributed by atoms with van der Waals surface area (Å²) in [6, 6.07) is 47.2. The van der Waals surface area contributed by atoms with Gasteiger partial charge in [-0.05, 0) is 0 Å². The van der Waals surface area contributed by atoms with E-state index in [2.05, 4.69) is 163 Å². The topological polar surface area (TPSA) is 0 Å². The van der Waals surface area contributed by atoms with E-state index in [4.69, 9.17) is 0 Å². The van der Waals surface area contributed by atoms with Gasteiger partial charge in [0.1, 0.15) is 0 Å². The van der Waals surface area contributed by atoms with Crippen molar-refractivity contribution in [1.82, 2.24) is 0 Å². The Kier molecular flexibility index (Phi) is 15.1. The van der Waals surface area contributed by atoms with Crippen molar-refractivity contribution in [1.29, 1.82) is 0 Å². The molecular formula is C62H76Cl2SiZr. The van der Waals surface area contributed by atoms with E-state index >= 15 is 0 Å². The molecule has 2 saturated carbocycles. The molecule has 0 aliphatic heterocycles. The molecule has 0 nitrogen and oxygen atoms in total. The Labute approximate surface area is 413 Å². The molecule has 0 N–H and O–H groups in total. The second kappa shape index (κ2) is 20.2. The second-order valence-electron chi connectivity index (χ2n) is 23.2. The molecule has 66 heavy (non-hydrogen) atoms. The molecule has 10 rings (SSSR count). The van der Waals surface area contributed by atoms with E-state index in [0.717, 1.165) is 0 Å². The van der Waals surface area contributed by atoms with Crippen LogP contribution in [-0.2, 0) is 17.4 Å². The van der Waals surface area contributed by atoms with Gasteiger partial charge in [0.25, 0.3) is 0 Å². The summed E-state index contributed by atoms with van der Waals surface area (Å²) in [5.74, 6) is 0. The largest absolute Gasteiger partial charge is 0.147 e. The first-order valence-electron chi connectivity index (χ1n) is 25.7. The molecule has 6 aromatic carbocycles. The molecule has 2 fully saturated rings. The molecule has 4 aliphatic carbocycles. The van der Waals surface area contributed by atoms with Crippen LogP contribution in [0.1, 0.15) is 159 Å². The fourth-order valence-electron chi connectivity index (χ4n) is 14.1. The molecular weight excluding hydrogens is 935 g/mol. The quantitative estimate of drug-likeness (QED) is 0.133. The van der Waals surface area contributed by atoms with Crippen LogP contribution in [0.2, 0.25) is 9.26 Å². The van der Waals surface area contributed by atoms with Crippen molar-refractivity contribution in [2.24, 2.45) is 10.8 Å². The summed E-state index contributed by atoms with van der Waals surface area (Å²) in [4.78, 5) is 0. The fourth-order valence-corrected chi connectivity index (χ4v) is 33.7. The molecule has 0 heterocycles. The van der Waals surface area contributed by atoms with Crippen LogP contribution in [0.25, 0.3) is 56.0 Å². The normalized spacial score (nSPS) is 21.0. The summed E-state index contributed by atoms with van der Waals surface area (Å²) in [7, 11) is 0. The van der Waals surface area contributed by atoms with Crippen LogP contribution in [0.3, 0.4) is 0 Å². The van der Waals surface area contributed by atoms with E-state index in [1.807, 2.05) is 0 Å². The molecule has 0 saturated heterocycles. The number of allylic oxidation sites excluding steroid dienone is 2. The zero-order valence-electron chi connectivity index (χ0n) is 40.6. The summed E-state index contributed by atoms with van der Waals surface area (Å²) in [6.45, 7) is 7.98. The Balaban J connectivity index is 0.00000296. The van der Waals surface area contributed by atoms with Crippen molar-refractivity contribution in [3.63, 3.8) is 0 Å². The maximum atomic E-state index is 2.93. The Hall–Kier alpha value is -3.00. The zero-order valence-corrected chi connectivity index (χ0v) is 46.1. The van der Waals surface area contributed by atoms with E-state index < -0.39 is 17.4 Å². The van der Waals surface area contributed by atoms with Crippen molar-refractivity contribution < 1.29 is 17.4 Å². The van der Waals surface area contributed by atoms with Gasteiger partial charge < -0.3 is 0 Å². The van der Waals surface area contributed by atoms with Crippen LogP contribution in [0.5, 0.6) is 0 Å². The van der Waals surface area contributed by atoms with Crippen LogP contribution < -0.4 is 0 Å². The Bertz CT molecular complexity index is 2630. The third-order valence-corrected chi connectivity index (χ3v) is 34.7. The van der Waals surface area contributed by atoms with Gasteiger partial charge in [0.05, 0.1) is 0 Å². The average molecular weight is 1010 g/mol. The summed E-state index contributed by atoms with van der Waals surface area (Å²) in [6.07, 6.45) is 30.3. The number of rotatable bonds is 8. The molecule has 0 aromatic heterocycles. The van der Waals surface area contributed by atoms with Gasteiger partial charge in [-0.3, -0.25) is 0 Å². The molecule has 2 unspecified atom stereocenters. The van der Waals surface area contributed by atoms with Gasteiger partial charge in [-0.15, -0.1) is 24.8 Å². The summed E-state index contributed by atoms with van der Waals surface area (Å²) < 4.78 is 6.86. The van der Waals surface area contributed by atoms with E-state index in [0.29, 0.717) is 18.1 Å².